The molecule has 2 rings (SSSR count). The van der Waals surface area contributed by atoms with E-state index in [2.05, 4.69) is 51.1 Å². The van der Waals surface area contributed by atoms with Crippen LogP contribution >= 0.6 is 0 Å². The summed E-state index contributed by atoms with van der Waals surface area (Å²) in [6.07, 6.45) is 0. The van der Waals surface area contributed by atoms with Crippen molar-refractivity contribution in [2.24, 2.45) is 11.3 Å². The fourth-order valence-electron chi connectivity index (χ4n) is 2.27. The summed E-state index contributed by atoms with van der Waals surface area (Å²) >= 11 is 0. The van der Waals surface area contributed by atoms with Crippen LogP contribution in [0.25, 0.3) is 0 Å². The van der Waals surface area contributed by atoms with Crippen molar-refractivity contribution in [2.45, 2.75) is 26.7 Å². The zero-order chi connectivity index (χ0) is 10.3. The Kier molecular flexibility index (Phi) is 1.89. The van der Waals surface area contributed by atoms with Gasteiger partial charge in [0.1, 0.15) is 0 Å². The molecule has 1 heteroatoms. The molecule has 0 heterocycles. The fourth-order valence-corrected chi connectivity index (χ4v) is 2.27. The average molecular weight is 185 g/mol. The van der Waals surface area contributed by atoms with Crippen LogP contribution in [0.1, 0.15) is 30.9 Å². The van der Waals surface area contributed by atoms with Crippen molar-refractivity contribution < 1.29 is 0 Å². The number of hydrogen-bond donors (Lipinski definition) is 0. The van der Waals surface area contributed by atoms with E-state index < -0.39 is 0 Å². The summed E-state index contributed by atoms with van der Waals surface area (Å²) in [6, 6.07) is 10.9. The van der Waals surface area contributed by atoms with Crippen molar-refractivity contribution in [3.05, 3.63) is 35.4 Å². The normalized spacial score (nSPS) is 28.1. The van der Waals surface area contributed by atoms with Gasteiger partial charge in [-0.1, -0.05) is 43.7 Å². The van der Waals surface area contributed by atoms with Crippen LogP contribution in [0.4, 0.5) is 0 Å². The number of nitrogens with zero attached hydrogens (tertiary/aromatic N) is 1. The van der Waals surface area contributed by atoms with E-state index in [1.165, 1.54) is 11.1 Å². The van der Waals surface area contributed by atoms with Crippen molar-refractivity contribution in [1.82, 2.24) is 0 Å². The van der Waals surface area contributed by atoms with Crippen LogP contribution in [0.5, 0.6) is 0 Å². The molecule has 0 aromatic heterocycles. The molecule has 1 nitrogen and oxygen atoms in total. The van der Waals surface area contributed by atoms with Gasteiger partial charge in [-0.2, -0.15) is 5.26 Å². The number of benzene rings is 1. The van der Waals surface area contributed by atoms with Crippen molar-refractivity contribution in [3.8, 4) is 6.07 Å². The smallest absolute Gasteiger partial charge is 0.0668 e. The summed E-state index contributed by atoms with van der Waals surface area (Å²) in [5, 5.41) is 8.98. The fraction of sp³-hybridized carbons (Fsp3) is 0.462. The number of hydrogen-bond acceptors (Lipinski definition) is 1. The zero-order valence-corrected chi connectivity index (χ0v) is 8.91. The molecule has 0 bridgehead atoms. The van der Waals surface area contributed by atoms with E-state index in [4.69, 9.17) is 5.26 Å². The van der Waals surface area contributed by atoms with Crippen LogP contribution < -0.4 is 0 Å². The highest BCUT2D eigenvalue weighted by atomic mass is 14.6. The maximum absolute atomic E-state index is 8.98. The molecule has 2 atom stereocenters. The Morgan fingerprint density at radius 1 is 1.21 bits per heavy atom. The van der Waals surface area contributed by atoms with Gasteiger partial charge in [0, 0.05) is 5.92 Å². The molecule has 1 saturated carbocycles. The van der Waals surface area contributed by atoms with Crippen LogP contribution in [0.15, 0.2) is 24.3 Å². The highest BCUT2D eigenvalue weighted by molar-refractivity contribution is 5.36. The Hall–Kier alpha value is -1.29. The van der Waals surface area contributed by atoms with Gasteiger partial charge in [-0.15, -0.1) is 0 Å². The number of rotatable bonds is 1. The van der Waals surface area contributed by atoms with Gasteiger partial charge < -0.3 is 0 Å². The molecular formula is C13H15N. The lowest BCUT2D eigenvalue weighted by Gasteiger charge is -2.02. The van der Waals surface area contributed by atoms with Crippen molar-refractivity contribution in [1.29, 1.82) is 5.26 Å². The highest BCUT2D eigenvalue weighted by Crippen LogP contribution is 2.63. The topological polar surface area (TPSA) is 23.8 Å². The lowest BCUT2D eigenvalue weighted by Crippen LogP contribution is -1.89. The minimum Gasteiger partial charge on any atom is -0.198 e. The van der Waals surface area contributed by atoms with Crippen LogP contribution in [0, 0.1) is 29.6 Å². The van der Waals surface area contributed by atoms with E-state index in [1.807, 2.05) is 0 Å². The molecule has 0 N–H and O–H groups in total. The Balaban J connectivity index is 2.28. The van der Waals surface area contributed by atoms with Crippen molar-refractivity contribution in [3.63, 3.8) is 0 Å². The third kappa shape index (κ3) is 1.23. The highest BCUT2D eigenvalue weighted by Gasteiger charge is 2.58. The summed E-state index contributed by atoms with van der Waals surface area (Å²) in [7, 11) is 0. The van der Waals surface area contributed by atoms with Crippen LogP contribution in [-0.4, -0.2) is 0 Å². The van der Waals surface area contributed by atoms with Gasteiger partial charge in [-0.25, -0.2) is 0 Å². The predicted molar refractivity (Wildman–Crippen MR) is 56.8 cm³/mol. The molecule has 0 saturated heterocycles. The molecule has 1 aliphatic rings. The molecule has 1 fully saturated rings. The lowest BCUT2D eigenvalue weighted by atomic mass is 10.0. The van der Waals surface area contributed by atoms with E-state index in [0.717, 1.165) is 0 Å². The molecule has 0 amide bonds. The predicted octanol–water partition coefficient (Wildman–Crippen LogP) is 3.26. The first-order valence-electron chi connectivity index (χ1n) is 5.03. The first-order chi connectivity index (χ1) is 6.57. The van der Waals surface area contributed by atoms with E-state index in [0.29, 0.717) is 5.92 Å². The summed E-state index contributed by atoms with van der Waals surface area (Å²) < 4.78 is 0. The zero-order valence-electron chi connectivity index (χ0n) is 8.91. The second-order valence-electron chi connectivity index (χ2n) is 4.82. The molecule has 14 heavy (non-hydrogen) atoms. The molecule has 72 valence electrons. The first-order valence-corrected chi connectivity index (χ1v) is 5.03. The maximum atomic E-state index is 8.98. The van der Waals surface area contributed by atoms with Crippen LogP contribution in [-0.2, 0) is 0 Å². The van der Waals surface area contributed by atoms with Crippen molar-refractivity contribution in [2.75, 3.05) is 0 Å². The Morgan fingerprint density at radius 3 is 2.21 bits per heavy atom. The van der Waals surface area contributed by atoms with Gasteiger partial charge in [0.05, 0.1) is 12.0 Å². The quantitative estimate of drug-likeness (QED) is 0.658. The monoisotopic (exact) mass is 185 g/mol. The molecule has 0 unspecified atom stereocenters. The molecule has 0 radical (unpaired) electrons. The van der Waals surface area contributed by atoms with Crippen LogP contribution in [0.2, 0.25) is 0 Å². The second-order valence-corrected chi connectivity index (χ2v) is 4.82. The standard InChI is InChI=1S/C13H15N/c1-9-4-6-10(7-5-9)12-11(8-14)13(12,2)3/h4-7,11-12H,1-3H3/t11-,12+/m1/s1. The van der Waals surface area contributed by atoms with E-state index >= 15 is 0 Å². The van der Waals surface area contributed by atoms with Gasteiger partial charge in [-0.3, -0.25) is 0 Å². The third-order valence-electron chi connectivity index (χ3n) is 3.40. The summed E-state index contributed by atoms with van der Waals surface area (Å²) in [6.45, 7) is 6.43. The molecule has 1 aromatic rings. The van der Waals surface area contributed by atoms with Crippen LogP contribution in [0.3, 0.4) is 0 Å². The largest absolute Gasteiger partial charge is 0.198 e. The van der Waals surface area contributed by atoms with Gasteiger partial charge >= 0.3 is 0 Å². The summed E-state index contributed by atoms with van der Waals surface area (Å²) in [5.41, 5.74) is 2.76. The number of aryl methyl sites for hydroxylation is 1. The molecule has 1 aliphatic carbocycles. The SMILES string of the molecule is Cc1ccc([C@H]2[C@@H](C#N)C2(C)C)cc1. The molecule has 0 aliphatic heterocycles. The lowest BCUT2D eigenvalue weighted by molar-refractivity contribution is 0.596. The minimum absolute atomic E-state index is 0.171. The Morgan fingerprint density at radius 2 is 1.79 bits per heavy atom. The minimum atomic E-state index is 0.171. The second kappa shape index (κ2) is 2.85. The average Bonchev–Trinajstić information content (AvgIpc) is 2.69. The van der Waals surface area contributed by atoms with Gasteiger partial charge in [0.2, 0.25) is 0 Å². The Labute approximate surface area is 85.4 Å². The number of nitriles is 1. The van der Waals surface area contributed by atoms with Gasteiger partial charge in [0.15, 0.2) is 0 Å². The van der Waals surface area contributed by atoms with Gasteiger partial charge in [-0.05, 0) is 17.9 Å². The Bertz CT molecular complexity index is 381. The maximum Gasteiger partial charge on any atom is 0.0668 e. The van der Waals surface area contributed by atoms with E-state index in [1.54, 1.807) is 0 Å². The third-order valence-corrected chi connectivity index (χ3v) is 3.40. The molecule has 0 spiro atoms. The molecular weight excluding hydrogens is 170 g/mol. The van der Waals surface area contributed by atoms with Gasteiger partial charge in [0.25, 0.3) is 0 Å². The van der Waals surface area contributed by atoms with Crippen molar-refractivity contribution >= 4 is 0 Å². The summed E-state index contributed by atoms with van der Waals surface area (Å²) in [5.74, 6) is 0.637. The van der Waals surface area contributed by atoms with E-state index in [9.17, 15) is 0 Å². The van der Waals surface area contributed by atoms with E-state index in [-0.39, 0.29) is 11.3 Å². The first kappa shape index (κ1) is 9.27. The molecule has 1 aromatic carbocycles. The summed E-state index contributed by atoms with van der Waals surface area (Å²) in [4.78, 5) is 0.